The van der Waals surface area contributed by atoms with E-state index in [-0.39, 0.29) is 6.03 Å². The number of hydrogen-bond donors (Lipinski definition) is 1. The van der Waals surface area contributed by atoms with Crippen molar-refractivity contribution in [1.82, 2.24) is 10.2 Å². The number of carbonyl (C=O) groups excluding carboxylic acids is 1. The predicted octanol–water partition coefficient (Wildman–Crippen LogP) is 2.73. The van der Waals surface area contributed by atoms with Gasteiger partial charge in [-0.2, -0.15) is 0 Å². The molecule has 0 heterocycles. The minimum absolute atomic E-state index is 0.252. The molecule has 0 saturated carbocycles. The first kappa shape index (κ1) is 16.3. The quantitative estimate of drug-likeness (QED) is 0.674. The molecule has 0 atom stereocenters. The van der Waals surface area contributed by atoms with Gasteiger partial charge in [0.15, 0.2) is 0 Å². The van der Waals surface area contributed by atoms with Crippen LogP contribution in [0.25, 0.3) is 0 Å². The van der Waals surface area contributed by atoms with Crippen LogP contribution in [0.5, 0.6) is 0 Å². The topological polar surface area (TPSA) is 47.9 Å². The Bertz CT molecular complexity index is 494. The fourth-order valence-corrected chi connectivity index (χ4v) is 2.22. The molecule has 1 rings (SSSR count). The summed E-state index contributed by atoms with van der Waals surface area (Å²) in [6.45, 7) is 4.35. The van der Waals surface area contributed by atoms with Gasteiger partial charge >= 0.3 is 6.03 Å². The van der Waals surface area contributed by atoms with Gasteiger partial charge < -0.3 is 4.90 Å². The third-order valence-electron chi connectivity index (χ3n) is 2.87. The van der Waals surface area contributed by atoms with Gasteiger partial charge in [0.05, 0.1) is 10.7 Å². The lowest BCUT2D eigenvalue weighted by atomic mass is 10.2. The van der Waals surface area contributed by atoms with Gasteiger partial charge in [-0.15, -0.1) is 0 Å². The van der Waals surface area contributed by atoms with E-state index in [1.165, 1.54) is 0 Å². The molecule has 1 N–H and O–H groups in total. The van der Waals surface area contributed by atoms with Crippen molar-refractivity contribution in [3.05, 3.63) is 28.8 Å². The lowest BCUT2D eigenvalue weighted by Gasteiger charge is -2.26. The van der Waals surface area contributed by atoms with E-state index in [1.54, 1.807) is 22.9 Å². The maximum atomic E-state index is 12.4. The first-order valence-electron chi connectivity index (χ1n) is 6.40. The minimum atomic E-state index is -0.252. The molecule has 0 fully saturated rings. The molecule has 20 heavy (non-hydrogen) atoms. The van der Waals surface area contributed by atoms with Crippen molar-refractivity contribution in [3.63, 3.8) is 0 Å². The fraction of sp³-hybridized carbons (Fsp3) is 0.429. The summed E-state index contributed by atoms with van der Waals surface area (Å²) in [6, 6.07) is 5.32. The third-order valence-corrected chi connectivity index (χ3v) is 3.18. The van der Waals surface area contributed by atoms with Crippen molar-refractivity contribution in [3.8, 4) is 0 Å². The molecular formula is C14H21ClN4O. The van der Waals surface area contributed by atoms with Crippen molar-refractivity contribution < 1.29 is 4.79 Å². The summed E-state index contributed by atoms with van der Waals surface area (Å²) in [4.78, 5) is 19.8. The number of aliphatic imine (C=N–C) groups is 1. The number of hydrogen-bond acceptors (Lipinski definition) is 2. The average molecular weight is 297 g/mol. The summed E-state index contributed by atoms with van der Waals surface area (Å²) in [5, 5.41) is 3.33. The van der Waals surface area contributed by atoms with E-state index in [1.807, 2.05) is 40.1 Å². The highest BCUT2D eigenvalue weighted by molar-refractivity contribution is 6.34. The average Bonchev–Trinajstić information content (AvgIpc) is 2.39. The molecular weight excluding hydrogens is 276 g/mol. The van der Waals surface area contributed by atoms with Crippen molar-refractivity contribution >= 4 is 29.3 Å². The number of urea groups is 1. The molecule has 1 aromatic carbocycles. The van der Waals surface area contributed by atoms with E-state index in [4.69, 9.17) is 11.6 Å². The van der Waals surface area contributed by atoms with Crippen LogP contribution in [0.4, 0.5) is 10.5 Å². The first-order chi connectivity index (χ1) is 9.42. The van der Waals surface area contributed by atoms with Gasteiger partial charge in [-0.05, 0) is 25.5 Å². The Labute approximate surface area is 125 Å². The normalized spacial score (nSPS) is 11.2. The number of carbonyl (C=O) groups is 1. The molecule has 1 aromatic rings. The molecule has 5 nitrogen and oxygen atoms in total. The second-order valence-electron chi connectivity index (χ2n) is 4.52. The molecule has 0 aliphatic carbocycles. The molecule has 0 aliphatic rings. The maximum Gasteiger partial charge on any atom is 0.328 e. The minimum Gasteiger partial charge on any atom is -0.349 e. The molecule has 0 bridgehead atoms. The third kappa shape index (κ3) is 3.63. The number of para-hydroxylation sites is 1. The second kappa shape index (κ2) is 7.14. The van der Waals surface area contributed by atoms with Gasteiger partial charge in [-0.1, -0.05) is 23.7 Å². The zero-order chi connectivity index (χ0) is 15.3. The molecule has 0 unspecified atom stereocenters. The smallest absolute Gasteiger partial charge is 0.328 e. The van der Waals surface area contributed by atoms with Crippen LogP contribution in [0.15, 0.2) is 23.2 Å². The zero-order valence-electron chi connectivity index (χ0n) is 12.6. The monoisotopic (exact) mass is 296 g/mol. The molecule has 0 aliphatic heterocycles. The Morgan fingerprint density at radius 3 is 2.50 bits per heavy atom. The fourth-order valence-electron chi connectivity index (χ4n) is 1.90. The number of amides is 2. The number of anilines is 1. The zero-order valence-corrected chi connectivity index (χ0v) is 13.3. The van der Waals surface area contributed by atoms with Gasteiger partial charge in [0, 0.05) is 27.7 Å². The molecule has 0 spiro atoms. The summed E-state index contributed by atoms with van der Waals surface area (Å²) in [6.07, 6.45) is 0. The number of rotatable bonds is 2. The summed E-state index contributed by atoms with van der Waals surface area (Å²) < 4.78 is 0. The predicted molar refractivity (Wildman–Crippen MR) is 84.8 cm³/mol. The highest BCUT2D eigenvalue weighted by Gasteiger charge is 2.20. The number of nitrogens with one attached hydrogen (secondary N) is 1. The van der Waals surface area contributed by atoms with E-state index < -0.39 is 0 Å². The van der Waals surface area contributed by atoms with Crippen LogP contribution in [0, 0.1) is 6.92 Å². The Kier molecular flexibility index (Phi) is 5.82. The molecule has 6 heteroatoms. The van der Waals surface area contributed by atoms with E-state index in [9.17, 15) is 4.79 Å². The van der Waals surface area contributed by atoms with Gasteiger partial charge in [0.1, 0.15) is 0 Å². The highest BCUT2D eigenvalue weighted by Crippen LogP contribution is 2.29. The number of benzene rings is 1. The van der Waals surface area contributed by atoms with Crippen LogP contribution in [0.1, 0.15) is 12.5 Å². The van der Waals surface area contributed by atoms with Crippen LogP contribution in [0.3, 0.4) is 0 Å². The first-order valence-corrected chi connectivity index (χ1v) is 6.77. The summed E-state index contributed by atoms with van der Waals surface area (Å²) >= 11 is 6.22. The van der Waals surface area contributed by atoms with Crippen LogP contribution in [-0.2, 0) is 0 Å². The van der Waals surface area contributed by atoms with E-state index in [0.717, 1.165) is 11.3 Å². The van der Waals surface area contributed by atoms with E-state index in [2.05, 4.69) is 10.3 Å². The van der Waals surface area contributed by atoms with Crippen LogP contribution >= 0.6 is 11.6 Å². The number of guanidine groups is 1. The molecule has 110 valence electrons. The number of aryl methyl sites for hydroxylation is 1. The lowest BCUT2D eigenvalue weighted by Crippen LogP contribution is -2.47. The van der Waals surface area contributed by atoms with Crippen molar-refractivity contribution in [2.75, 3.05) is 32.6 Å². The number of halogens is 1. The largest absolute Gasteiger partial charge is 0.349 e. The maximum absolute atomic E-state index is 12.4. The molecule has 0 saturated heterocycles. The standard InChI is InChI=1S/C14H21ClN4O/c1-6-19(12-10(2)8-7-9-11(12)15)14(20)17-13(16-3)18(4)5/h7-9H,6H2,1-5H3,(H,16,17,20). The number of nitrogens with zero attached hydrogens (tertiary/aromatic N) is 3. The van der Waals surface area contributed by atoms with Crippen molar-refractivity contribution in [2.45, 2.75) is 13.8 Å². The van der Waals surface area contributed by atoms with Crippen LogP contribution < -0.4 is 10.2 Å². The van der Waals surface area contributed by atoms with Gasteiger partial charge in [0.25, 0.3) is 0 Å². The molecule has 0 radical (unpaired) electrons. The lowest BCUT2D eigenvalue weighted by molar-refractivity contribution is 0.250. The second-order valence-corrected chi connectivity index (χ2v) is 4.93. The van der Waals surface area contributed by atoms with Crippen molar-refractivity contribution in [1.29, 1.82) is 0 Å². The summed E-state index contributed by atoms with van der Waals surface area (Å²) in [5.41, 5.74) is 1.68. The Hall–Kier alpha value is -1.75. The van der Waals surface area contributed by atoms with Crippen LogP contribution in [0.2, 0.25) is 5.02 Å². The highest BCUT2D eigenvalue weighted by atomic mass is 35.5. The summed E-state index contributed by atoms with van der Waals surface area (Å²) in [7, 11) is 5.27. The van der Waals surface area contributed by atoms with Gasteiger partial charge in [-0.3, -0.25) is 15.2 Å². The van der Waals surface area contributed by atoms with Gasteiger partial charge in [0.2, 0.25) is 5.96 Å². The van der Waals surface area contributed by atoms with Crippen molar-refractivity contribution in [2.24, 2.45) is 4.99 Å². The Morgan fingerprint density at radius 1 is 1.40 bits per heavy atom. The molecule has 2 amide bonds. The summed E-state index contributed by atoms with van der Waals surface area (Å²) in [5.74, 6) is 0.498. The van der Waals surface area contributed by atoms with E-state index in [0.29, 0.717) is 17.5 Å². The van der Waals surface area contributed by atoms with E-state index >= 15 is 0 Å². The molecule has 0 aromatic heterocycles. The Morgan fingerprint density at radius 2 is 2.05 bits per heavy atom. The van der Waals surface area contributed by atoms with Crippen LogP contribution in [-0.4, -0.2) is 44.6 Å². The van der Waals surface area contributed by atoms with Gasteiger partial charge in [-0.25, -0.2) is 4.79 Å². The Balaban J connectivity index is 3.05. The SMILES string of the molecule is CCN(C(=O)NC(=NC)N(C)C)c1c(C)cccc1Cl.